The van der Waals surface area contributed by atoms with E-state index in [-0.39, 0.29) is 0 Å². The second-order valence-corrected chi connectivity index (χ2v) is 4.43. The van der Waals surface area contributed by atoms with Gasteiger partial charge in [0.2, 0.25) is 0 Å². The molecule has 0 bridgehead atoms. The van der Waals surface area contributed by atoms with Crippen molar-refractivity contribution in [3.63, 3.8) is 0 Å². The van der Waals surface area contributed by atoms with Crippen molar-refractivity contribution in [2.45, 2.75) is 18.9 Å². The van der Waals surface area contributed by atoms with Gasteiger partial charge < -0.3 is 4.98 Å². The summed E-state index contributed by atoms with van der Waals surface area (Å²) in [6, 6.07) is 9.18. The van der Waals surface area contributed by atoms with E-state index in [0.29, 0.717) is 6.04 Å². The van der Waals surface area contributed by atoms with Crippen molar-refractivity contribution in [2.75, 3.05) is 13.6 Å². The summed E-state index contributed by atoms with van der Waals surface area (Å²) in [5.41, 5.74) is 2.72. The molecular formula is C13H16N2. The number of nitrogens with zero attached hydrogens (tertiary/aromatic N) is 1. The van der Waals surface area contributed by atoms with Crippen LogP contribution < -0.4 is 0 Å². The lowest BCUT2D eigenvalue weighted by molar-refractivity contribution is 0.319. The summed E-state index contributed by atoms with van der Waals surface area (Å²) in [4.78, 5) is 5.81. The van der Waals surface area contributed by atoms with Gasteiger partial charge in [0.1, 0.15) is 0 Å². The Labute approximate surface area is 89.9 Å². The number of H-pyrrole nitrogens is 1. The van der Waals surface area contributed by atoms with Gasteiger partial charge in [-0.1, -0.05) is 18.2 Å². The Morgan fingerprint density at radius 3 is 3.00 bits per heavy atom. The van der Waals surface area contributed by atoms with Gasteiger partial charge in [-0.15, -0.1) is 0 Å². The number of para-hydroxylation sites is 1. The van der Waals surface area contributed by atoms with Crippen LogP contribution in [-0.2, 0) is 0 Å². The second kappa shape index (κ2) is 3.38. The topological polar surface area (TPSA) is 19.0 Å². The van der Waals surface area contributed by atoms with Crippen LogP contribution in [0.1, 0.15) is 24.4 Å². The van der Waals surface area contributed by atoms with E-state index in [2.05, 4.69) is 47.4 Å². The number of aromatic nitrogens is 1. The van der Waals surface area contributed by atoms with Gasteiger partial charge in [-0.05, 0) is 38.1 Å². The fourth-order valence-corrected chi connectivity index (χ4v) is 2.67. The van der Waals surface area contributed by atoms with Crippen molar-refractivity contribution in [2.24, 2.45) is 0 Å². The number of aromatic amines is 1. The smallest absolute Gasteiger partial charge is 0.0457 e. The highest BCUT2D eigenvalue weighted by molar-refractivity contribution is 5.83. The third kappa shape index (κ3) is 1.37. The highest BCUT2D eigenvalue weighted by atomic mass is 15.1. The molecule has 2 heterocycles. The molecule has 0 unspecified atom stereocenters. The Morgan fingerprint density at radius 1 is 1.33 bits per heavy atom. The summed E-state index contributed by atoms with van der Waals surface area (Å²) in [6.45, 7) is 1.23. The van der Waals surface area contributed by atoms with Crippen LogP contribution in [0, 0.1) is 0 Å². The quantitative estimate of drug-likeness (QED) is 0.750. The van der Waals surface area contributed by atoms with E-state index >= 15 is 0 Å². The van der Waals surface area contributed by atoms with Crippen LogP contribution >= 0.6 is 0 Å². The van der Waals surface area contributed by atoms with Crippen LogP contribution in [0.5, 0.6) is 0 Å². The first-order valence-corrected chi connectivity index (χ1v) is 5.62. The van der Waals surface area contributed by atoms with Crippen molar-refractivity contribution >= 4 is 10.9 Å². The lowest BCUT2D eigenvalue weighted by Crippen LogP contribution is -2.17. The molecule has 0 saturated carbocycles. The molecule has 2 aromatic rings. The zero-order valence-electron chi connectivity index (χ0n) is 9.03. The van der Waals surface area contributed by atoms with Gasteiger partial charge in [-0.2, -0.15) is 0 Å². The average molecular weight is 200 g/mol. The number of hydrogen-bond donors (Lipinski definition) is 1. The first-order valence-electron chi connectivity index (χ1n) is 5.62. The Morgan fingerprint density at radius 2 is 2.20 bits per heavy atom. The average Bonchev–Trinajstić information content (AvgIpc) is 2.83. The van der Waals surface area contributed by atoms with Crippen molar-refractivity contribution in [1.29, 1.82) is 0 Å². The molecule has 15 heavy (non-hydrogen) atoms. The molecule has 1 atom stereocenters. The standard InChI is InChI=1S/C13H16N2/c1-15-8-4-7-13(15)11-9-14-12-6-3-2-5-10(11)12/h2-3,5-6,9,13-14H,4,7-8H2,1H3/t13-/m1/s1. The predicted molar refractivity (Wildman–Crippen MR) is 62.9 cm³/mol. The number of fused-ring (bicyclic) bond motifs is 1. The fraction of sp³-hybridized carbons (Fsp3) is 0.385. The van der Waals surface area contributed by atoms with Gasteiger partial charge in [0.05, 0.1) is 0 Å². The van der Waals surface area contributed by atoms with E-state index in [1.54, 1.807) is 0 Å². The number of rotatable bonds is 1. The van der Waals surface area contributed by atoms with Crippen LogP contribution in [0.4, 0.5) is 0 Å². The Bertz CT molecular complexity index is 472. The largest absolute Gasteiger partial charge is 0.361 e. The summed E-state index contributed by atoms with van der Waals surface area (Å²) in [6.07, 6.45) is 4.79. The molecule has 0 aliphatic carbocycles. The van der Waals surface area contributed by atoms with E-state index < -0.39 is 0 Å². The summed E-state index contributed by atoms with van der Waals surface area (Å²) >= 11 is 0. The summed E-state index contributed by atoms with van der Waals surface area (Å²) in [5.74, 6) is 0. The van der Waals surface area contributed by atoms with Gasteiger partial charge in [0.25, 0.3) is 0 Å². The van der Waals surface area contributed by atoms with Crippen LogP contribution in [0.3, 0.4) is 0 Å². The van der Waals surface area contributed by atoms with E-state index in [0.717, 1.165) is 0 Å². The molecule has 2 nitrogen and oxygen atoms in total. The molecule has 1 fully saturated rings. The monoisotopic (exact) mass is 200 g/mol. The zero-order valence-corrected chi connectivity index (χ0v) is 9.03. The van der Waals surface area contributed by atoms with E-state index in [4.69, 9.17) is 0 Å². The molecule has 0 spiro atoms. The fourth-order valence-electron chi connectivity index (χ4n) is 2.67. The maximum Gasteiger partial charge on any atom is 0.0457 e. The molecule has 1 N–H and O–H groups in total. The molecule has 1 aliphatic heterocycles. The molecule has 78 valence electrons. The molecule has 2 heteroatoms. The van der Waals surface area contributed by atoms with E-state index in [1.807, 2.05) is 0 Å². The van der Waals surface area contributed by atoms with Crippen molar-refractivity contribution in [3.05, 3.63) is 36.0 Å². The molecule has 3 rings (SSSR count). The van der Waals surface area contributed by atoms with Crippen molar-refractivity contribution in [3.8, 4) is 0 Å². The first-order chi connectivity index (χ1) is 7.36. The molecule has 1 saturated heterocycles. The van der Waals surface area contributed by atoms with Gasteiger partial charge in [-0.3, -0.25) is 4.90 Å². The van der Waals surface area contributed by atoms with E-state index in [1.165, 1.54) is 35.9 Å². The summed E-state index contributed by atoms with van der Waals surface area (Å²) in [5, 5.41) is 1.39. The van der Waals surface area contributed by atoms with Gasteiger partial charge in [-0.25, -0.2) is 0 Å². The number of likely N-dealkylation sites (tertiary alicyclic amines) is 1. The Hall–Kier alpha value is -1.28. The zero-order chi connectivity index (χ0) is 10.3. The predicted octanol–water partition coefficient (Wildman–Crippen LogP) is 2.93. The molecule has 0 radical (unpaired) electrons. The second-order valence-electron chi connectivity index (χ2n) is 4.43. The van der Waals surface area contributed by atoms with Gasteiger partial charge in [0.15, 0.2) is 0 Å². The number of benzene rings is 1. The van der Waals surface area contributed by atoms with Crippen molar-refractivity contribution in [1.82, 2.24) is 9.88 Å². The maximum atomic E-state index is 3.36. The van der Waals surface area contributed by atoms with Gasteiger partial charge in [0, 0.05) is 23.1 Å². The summed E-state index contributed by atoms with van der Waals surface area (Å²) in [7, 11) is 2.22. The molecule has 1 aromatic carbocycles. The minimum atomic E-state index is 0.612. The lowest BCUT2D eigenvalue weighted by atomic mass is 10.0. The molecule has 0 amide bonds. The highest BCUT2D eigenvalue weighted by Crippen LogP contribution is 2.34. The summed E-state index contributed by atoms with van der Waals surface area (Å²) < 4.78 is 0. The van der Waals surface area contributed by atoms with Crippen LogP contribution in [0.15, 0.2) is 30.5 Å². The van der Waals surface area contributed by atoms with Crippen LogP contribution in [0.25, 0.3) is 10.9 Å². The number of nitrogens with one attached hydrogen (secondary N) is 1. The van der Waals surface area contributed by atoms with Crippen LogP contribution in [-0.4, -0.2) is 23.5 Å². The third-order valence-electron chi connectivity index (χ3n) is 3.50. The normalized spacial score (nSPS) is 22.6. The lowest BCUT2D eigenvalue weighted by Gasteiger charge is -2.18. The molecular weight excluding hydrogens is 184 g/mol. The maximum absolute atomic E-state index is 3.36. The highest BCUT2D eigenvalue weighted by Gasteiger charge is 2.24. The third-order valence-corrected chi connectivity index (χ3v) is 3.50. The molecule has 1 aromatic heterocycles. The minimum Gasteiger partial charge on any atom is -0.361 e. The number of hydrogen-bond acceptors (Lipinski definition) is 1. The minimum absolute atomic E-state index is 0.612. The molecule has 1 aliphatic rings. The SMILES string of the molecule is CN1CCC[C@@H]1c1c[nH]c2ccccc12. The Balaban J connectivity index is 2.10. The van der Waals surface area contributed by atoms with E-state index in [9.17, 15) is 0 Å². The first kappa shape index (κ1) is 8.98. The van der Waals surface area contributed by atoms with Crippen molar-refractivity contribution < 1.29 is 0 Å². The van der Waals surface area contributed by atoms with Crippen LogP contribution in [0.2, 0.25) is 0 Å². The van der Waals surface area contributed by atoms with Gasteiger partial charge >= 0.3 is 0 Å². The Kier molecular flexibility index (Phi) is 2.03.